The molecule has 0 fully saturated rings. The molecule has 0 bridgehead atoms. The molecule has 3 aromatic rings. The lowest BCUT2D eigenvalue weighted by Gasteiger charge is -2.14. The number of aliphatic hydroxyl groups excluding tert-OH is 1. The van der Waals surface area contributed by atoms with Crippen LogP contribution in [0.5, 0.6) is 0 Å². The summed E-state index contributed by atoms with van der Waals surface area (Å²) in [7, 11) is 0. The molecule has 0 aliphatic carbocycles. The summed E-state index contributed by atoms with van der Waals surface area (Å²) in [5.74, 6) is 0. The van der Waals surface area contributed by atoms with E-state index < -0.39 is 11.7 Å². The first-order valence-electron chi connectivity index (χ1n) is 7.94. The van der Waals surface area contributed by atoms with E-state index in [1.54, 1.807) is 12.1 Å². The lowest BCUT2D eigenvalue weighted by Crippen LogP contribution is -2.26. The topological polar surface area (TPSA) is 67.2 Å². The van der Waals surface area contributed by atoms with E-state index in [2.05, 4.69) is 10.4 Å². The van der Waals surface area contributed by atoms with Gasteiger partial charge < -0.3 is 10.4 Å². The highest BCUT2D eigenvalue weighted by Gasteiger charge is 2.12. The number of hydrogen-bond acceptors (Lipinski definition) is 4. The molecule has 0 aliphatic heterocycles. The quantitative estimate of drug-likeness (QED) is 0.713. The van der Waals surface area contributed by atoms with Gasteiger partial charge in [0.25, 0.3) is 5.56 Å². The second-order valence-corrected chi connectivity index (χ2v) is 6.03. The highest BCUT2D eigenvalue weighted by Crippen LogP contribution is 2.17. The molecule has 25 heavy (non-hydrogen) atoms. The third-order valence-electron chi connectivity index (χ3n) is 3.76. The number of nitrogens with one attached hydrogen (secondary N) is 1. The largest absolute Gasteiger partial charge is 0.391 e. The minimum atomic E-state index is -0.602. The van der Waals surface area contributed by atoms with E-state index in [4.69, 9.17) is 11.6 Å². The Bertz CT molecular complexity index is 882. The summed E-state index contributed by atoms with van der Waals surface area (Å²) in [6.45, 7) is 0.269. The molecule has 0 spiro atoms. The summed E-state index contributed by atoms with van der Waals surface area (Å²) >= 11 is 6.17. The number of anilines is 1. The first-order valence-corrected chi connectivity index (χ1v) is 8.32. The predicted octanol–water partition coefficient (Wildman–Crippen LogP) is 2.90. The van der Waals surface area contributed by atoms with Gasteiger partial charge in [0.1, 0.15) is 5.02 Å². The van der Waals surface area contributed by atoms with Crippen LogP contribution < -0.4 is 10.9 Å². The van der Waals surface area contributed by atoms with Crippen molar-refractivity contribution in [3.05, 3.63) is 87.8 Å². The molecule has 0 saturated heterocycles. The zero-order valence-corrected chi connectivity index (χ0v) is 14.2. The highest BCUT2D eigenvalue weighted by molar-refractivity contribution is 6.32. The van der Waals surface area contributed by atoms with Crippen molar-refractivity contribution in [3.8, 4) is 5.69 Å². The van der Waals surface area contributed by atoms with Gasteiger partial charge in [0.15, 0.2) is 0 Å². The van der Waals surface area contributed by atoms with Crippen LogP contribution in [-0.4, -0.2) is 27.5 Å². The van der Waals surface area contributed by atoms with Crippen LogP contribution in [0.3, 0.4) is 0 Å². The Hall–Kier alpha value is -2.63. The van der Waals surface area contributed by atoms with Crippen LogP contribution in [0.1, 0.15) is 5.56 Å². The van der Waals surface area contributed by atoms with Crippen molar-refractivity contribution in [1.29, 1.82) is 0 Å². The van der Waals surface area contributed by atoms with Crippen molar-refractivity contribution < 1.29 is 5.11 Å². The van der Waals surface area contributed by atoms with Crippen LogP contribution in [0.2, 0.25) is 5.02 Å². The number of nitrogens with zero attached hydrogens (tertiary/aromatic N) is 2. The molecule has 2 N–H and O–H groups in total. The minimum absolute atomic E-state index is 0.0470. The summed E-state index contributed by atoms with van der Waals surface area (Å²) in [5.41, 5.74) is 1.69. The van der Waals surface area contributed by atoms with Crippen LogP contribution in [0.25, 0.3) is 5.69 Å². The van der Waals surface area contributed by atoms with Crippen molar-refractivity contribution in [1.82, 2.24) is 9.78 Å². The molecule has 1 atom stereocenters. The number of aliphatic hydroxyl groups is 1. The summed E-state index contributed by atoms with van der Waals surface area (Å²) in [5, 5.41) is 17.3. The minimum Gasteiger partial charge on any atom is -0.391 e. The van der Waals surface area contributed by atoms with Crippen LogP contribution >= 0.6 is 11.6 Å². The Balaban J connectivity index is 1.69. The number of benzene rings is 2. The molecule has 1 heterocycles. The normalized spacial score (nSPS) is 11.9. The fourth-order valence-corrected chi connectivity index (χ4v) is 2.69. The molecule has 2 aromatic carbocycles. The first-order chi connectivity index (χ1) is 12.1. The predicted molar refractivity (Wildman–Crippen MR) is 99.5 cm³/mol. The lowest BCUT2D eigenvalue weighted by atomic mass is 10.1. The molecule has 5 nitrogen and oxygen atoms in total. The van der Waals surface area contributed by atoms with Crippen molar-refractivity contribution in [3.63, 3.8) is 0 Å². The zero-order chi connectivity index (χ0) is 17.6. The Kier molecular flexibility index (Phi) is 5.48. The average molecular weight is 356 g/mol. The van der Waals surface area contributed by atoms with Gasteiger partial charge in [-0.15, -0.1) is 0 Å². The van der Waals surface area contributed by atoms with Crippen molar-refractivity contribution in [2.75, 3.05) is 11.9 Å². The Morgan fingerprint density at radius 2 is 1.72 bits per heavy atom. The van der Waals surface area contributed by atoms with E-state index in [1.807, 2.05) is 48.5 Å². The zero-order valence-electron chi connectivity index (χ0n) is 13.5. The molecular formula is C19H18ClN3O2. The van der Waals surface area contributed by atoms with Crippen LogP contribution in [0.4, 0.5) is 5.69 Å². The summed E-state index contributed by atoms with van der Waals surface area (Å²) in [4.78, 5) is 12.4. The second kappa shape index (κ2) is 7.96. The van der Waals surface area contributed by atoms with E-state index in [0.717, 1.165) is 5.56 Å². The fourth-order valence-electron chi connectivity index (χ4n) is 2.50. The first kappa shape index (κ1) is 17.2. The molecule has 1 aromatic heterocycles. The van der Waals surface area contributed by atoms with Gasteiger partial charge in [0, 0.05) is 13.0 Å². The van der Waals surface area contributed by atoms with Crippen molar-refractivity contribution >= 4 is 17.3 Å². The third-order valence-corrected chi connectivity index (χ3v) is 4.13. The molecule has 0 radical (unpaired) electrons. The summed E-state index contributed by atoms with van der Waals surface area (Å²) in [6.07, 6.45) is 1.40. The fraction of sp³-hybridized carbons (Fsp3) is 0.158. The maximum absolute atomic E-state index is 12.4. The van der Waals surface area contributed by atoms with E-state index >= 15 is 0 Å². The number of rotatable bonds is 6. The van der Waals surface area contributed by atoms with Gasteiger partial charge in [0.2, 0.25) is 0 Å². The molecule has 6 heteroatoms. The van der Waals surface area contributed by atoms with E-state index in [0.29, 0.717) is 17.8 Å². The highest BCUT2D eigenvalue weighted by atomic mass is 35.5. The van der Waals surface area contributed by atoms with E-state index in [1.165, 1.54) is 10.9 Å². The van der Waals surface area contributed by atoms with Crippen molar-refractivity contribution in [2.45, 2.75) is 12.5 Å². The molecule has 0 aliphatic rings. The molecule has 1 unspecified atom stereocenters. The van der Waals surface area contributed by atoms with Crippen molar-refractivity contribution in [2.24, 2.45) is 0 Å². The van der Waals surface area contributed by atoms with Gasteiger partial charge in [-0.2, -0.15) is 9.78 Å². The summed E-state index contributed by atoms with van der Waals surface area (Å²) in [6, 6.07) is 18.8. The molecule has 128 valence electrons. The van der Waals surface area contributed by atoms with Gasteiger partial charge in [-0.1, -0.05) is 60.1 Å². The van der Waals surface area contributed by atoms with Gasteiger partial charge in [-0.25, -0.2) is 0 Å². The molecule has 0 amide bonds. The molecular weight excluding hydrogens is 338 g/mol. The van der Waals surface area contributed by atoms with E-state index in [-0.39, 0.29) is 11.6 Å². The summed E-state index contributed by atoms with van der Waals surface area (Å²) < 4.78 is 1.24. The van der Waals surface area contributed by atoms with Gasteiger partial charge in [0.05, 0.1) is 23.7 Å². The monoisotopic (exact) mass is 355 g/mol. The standard InChI is InChI=1S/C19H18ClN3O2/c20-18-17(21-12-16(24)11-14-7-3-1-4-8-14)13-22-23(19(18)25)15-9-5-2-6-10-15/h1-10,13,16,21,24H,11-12H2. The van der Waals surface area contributed by atoms with Crippen LogP contribution in [0, 0.1) is 0 Å². The number of halogens is 1. The Morgan fingerprint density at radius 3 is 2.40 bits per heavy atom. The smallest absolute Gasteiger partial charge is 0.292 e. The Morgan fingerprint density at radius 1 is 1.08 bits per heavy atom. The maximum atomic E-state index is 12.4. The Labute approximate surface area is 150 Å². The number of hydrogen-bond donors (Lipinski definition) is 2. The second-order valence-electron chi connectivity index (χ2n) is 5.65. The van der Waals surface area contributed by atoms with Gasteiger partial charge >= 0.3 is 0 Å². The molecule has 0 saturated carbocycles. The average Bonchev–Trinajstić information content (AvgIpc) is 2.64. The van der Waals surface area contributed by atoms with Crippen LogP contribution in [-0.2, 0) is 6.42 Å². The number of aromatic nitrogens is 2. The van der Waals surface area contributed by atoms with E-state index in [9.17, 15) is 9.90 Å². The van der Waals surface area contributed by atoms with Crippen LogP contribution in [0.15, 0.2) is 71.7 Å². The SMILES string of the molecule is O=c1c(Cl)c(NCC(O)Cc2ccccc2)cnn1-c1ccccc1. The maximum Gasteiger partial charge on any atom is 0.292 e. The third kappa shape index (κ3) is 4.26. The van der Waals surface area contributed by atoms with Gasteiger partial charge in [-0.3, -0.25) is 4.79 Å². The lowest BCUT2D eigenvalue weighted by molar-refractivity contribution is 0.188. The molecule has 3 rings (SSSR count). The number of para-hydroxylation sites is 1. The van der Waals surface area contributed by atoms with Gasteiger partial charge in [-0.05, 0) is 17.7 Å².